The molecule has 0 bridgehead atoms. The Morgan fingerprint density at radius 2 is 2.10 bits per heavy atom. The lowest BCUT2D eigenvalue weighted by Gasteiger charge is -1.98. The van der Waals surface area contributed by atoms with Gasteiger partial charge in [0.15, 0.2) is 5.78 Å². The molecule has 0 radical (unpaired) electrons. The maximum atomic E-state index is 11.6. The third-order valence-electron chi connectivity index (χ3n) is 3.42. The van der Waals surface area contributed by atoms with E-state index in [1.165, 1.54) is 0 Å². The molecule has 5 nitrogen and oxygen atoms in total. The van der Waals surface area contributed by atoms with E-state index in [2.05, 4.69) is 16.3 Å². The minimum absolute atomic E-state index is 0.113. The molecule has 3 rings (SSSR count). The lowest BCUT2D eigenvalue weighted by Crippen LogP contribution is -2.02. The summed E-state index contributed by atoms with van der Waals surface area (Å²) in [6.07, 6.45) is 3.91. The monoisotopic (exact) mass is 268 g/mol. The van der Waals surface area contributed by atoms with E-state index < -0.39 is 0 Å². The summed E-state index contributed by atoms with van der Waals surface area (Å²) in [7, 11) is 1.93. The van der Waals surface area contributed by atoms with Crippen LogP contribution in [0.4, 0.5) is 0 Å². The number of para-hydroxylation sites is 1. The molecule has 5 heteroatoms. The highest BCUT2D eigenvalue weighted by Gasteiger charge is 2.11. The second-order valence-electron chi connectivity index (χ2n) is 4.79. The molecule has 102 valence electrons. The summed E-state index contributed by atoms with van der Waals surface area (Å²) in [5.41, 5.74) is 2.72. The van der Waals surface area contributed by atoms with Crippen molar-refractivity contribution in [2.24, 2.45) is 7.05 Å². The number of ketones is 1. The number of carbonyl (C=O) groups is 1. The Morgan fingerprint density at radius 3 is 2.90 bits per heavy atom. The first-order chi connectivity index (χ1) is 9.69. The molecule has 0 unspecified atom stereocenters. The van der Waals surface area contributed by atoms with Gasteiger partial charge in [-0.15, -0.1) is 0 Å². The molecular formula is C15H16N4O. The predicted molar refractivity (Wildman–Crippen MR) is 76.7 cm³/mol. The van der Waals surface area contributed by atoms with Crippen LogP contribution in [0.2, 0.25) is 0 Å². The van der Waals surface area contributed by atoms with Gasteiger partial charge in [-0.25, -0.2) is 0 Å². The van der Waals surface area contributed by atoms with E-state index in [-0.39, 0.29) is 5.78 Å². The van der Waals surface area contributed by atoms with E-state index in [4.69, 9.17) is 0 Å². The standard InChI is InChI=1S/C15H16N4O/c1-3-15(20)11-8-16-19(9-11)10-13-12-6-4-5-7-14(12)18(2)17-13/h4-9H,3,10H2,1-2H3. The average Bonchev–Trinajstić information content (AvgIpc) is 3.05. The second kappa shape index (κ2) is 4.92. The first-order valence-corrected chi connectivity index (χ1v) is 6.65. The number of Topliss-reactive ketones (excluding diaryl/α,β-unsaturated/α-hetero) is 1. The van der Waals surface area contributed by atoms with Crippen molar-refractivity contribution in [2.45, 2.75) is 19.9 Å². The minimum Gasteiger partial charge on any atom is -0.294 e. The smallest absolute Gasteiger partial charge is 0.165 e. The first kappa shape index (κ1) is 12.6. The third kappa shape index (κ3) is 2.11. The van der Waals surface area contributed by atoms with Gasteiger partial charge in [-0.05, 0) is 6.07 Å². The molecule has 1 aromatic carbocycles. The van der Waals surface area contributed by atoms with Crippen LogP contribution in [-0.4, -0.2) is 25.3 Å². The zero-order valence-electron chi connectivity index (χ0n) is 11.6. The summed E-state index contributed by atoms with van der Waals surface area (Å²) in [5.74, 6) is 0.113. The van der Waals surface area contributed by atoms with Crippen LogP contribution in [0.15, 0.2) is 36.7 Å². The molecule has 20 heavy (non-hydrogen) atoms. The number of aromatic nitrogens is 4. The molecule has 0 aliphatic heterocycles. The molecule has 2 heterocycles. The van der Waals surface area contributed by atoms with Gasteiger partial charge >= 0.3 is 0 Å². The molecular weight excluding hydrogens is 252 g/mol. The Hall–Kier alpha value is -2.43. The molecule has 0 N–H and O–H groups in total. The highest BCUT2D eigenvalue weighted by molar-refractivity contribution is 5.95. The van der Waals surface area contributed by atoms with Crippen molar-refractivity contribution in [3.8, 4) is 0 Å². The largest absolute Gasteiger partial charge is 0.294 e. The van der Waals surface area contributed by atoms with E-state index in [1.807, 2.05) is 36.9 Å². The summed E-state index contributed by atoms with van der Waals surface area (Å²) in [6.45, 7) is 2.42. The molecule has 0 atom stereocenters. The lowest BCUT2D eigenvalue weighted by molar-refractivity contribution is 0.0988. The Kier molecular flexibility index (Phi) is 3.10. The molecule has 2 aromatic heterocycles. The van der Waals surface area contributed by atoms with Crippen molar-refractivity contribution in [3.63, 3.8) is 0 Å². The molecule has 3 aromatic rings. The van der Waals surface area contributed by atoms with Gasteiger partial charge in [0.25, 0.3) is 0 Å². The minimum atomic E-state index is 0.113. The number of carbonyl (C=O) groups excluding carboxylic acids is 1. The maximum absolute atomic E-state index is 11.6. The molecule has 0 saturated carbocycles. The number of rotatable bonds is 4. The van der Waals surface area contributed by atoms with Gasteiger partial charge in [0.1, 0.15) is 0 Å². The van der Waals surface area contributed by atoms with Crippen LogP contribution in [0, 0.1) is 0 Å². The fourth-order valence-corrected chi connectivity index (χ4v) is 2.36. The van der Waals surface area contributed by atoms with E-state index in [0.717, 1.165) is 16.6 Å². The summed E-state index contributed by atoms with van der Waals surface area (Å²) in [6, 6.07) is 8.10. The molecule has 0 fully saturated rings. The van der Waals surface area contributed by atoms with Gasteiger partial charge in [-0.1, -0.05) is 25.1 Å². The normalized spacial score (nSPS) is 11.1. The number of hydrogen-bond donors (Lipinski definition) is 0. The lowest BCUT2D eigenvalue weighted by atomic mass is 10.2. The number of fused-ring (bicyclic) bond motifs is 1. The fourth-order valence-electron chi connectivity index (χ4n) is 2.36. The van der Waals surface area contributed by atoms with Gasteiger partial charge in [0.05, 0.1) is 29.5 Å². The van der Waals surface area contributed by atoms with Gasteiger partial charge in [-0.3, -0.25) is 14.2 Å². The number of hydrogen-bond acceptors (Lipinski definition) is 3. The van der Waals surface area contributed by atoms with Crippen molar-refractivity contribution >= 4 is 16.7 Å². The quantitative estimate of drug-likeness (QED) is 0.683. The van der Waals surface area contributed by atoms with E-state index in [0.29, 0.717) is 18.5 Å². The third-order valence-corrected chi connectivity index (χ3v) is 3.42. The van der Waals surface area contributed by atoms with Crippen LogP contribution in [0.25, 0.3) is 10.9 Å². The Bertz CT molecular complexity index is 769. The summed E-state index contributed by atoms with van der Waals surface area (Å²) >= 11 is 0. The number of benzene rings is 1. The summed E-state index contributed by atoms with van der Waals surface area (Å²) < 4.78 is 3.63. The highest BCUT2D eigenvalue weighted by atomic mass is 16.1. The highest BCUT2D eigenvalue weighted by Crippen LogP contribution is 2.18. The average molecular weight is 268 g/mol. The van der Waals surface area contributed by atoms with Crippen LogP contribution >= 0.6 is 0 Å². The summed E-state index contributed by atoms with van der Waals surface area (Å²) in [4.78, 5) is 11.6. The second-order valence-corrected chi connectivity index (χ2v) is 4.79. The molecule has 0 spiro atoms. The zero-order chi connectivity index (χ0) is 14.1. The first-order valence-electron chi connectivity index (χ1n) is 6.65. The van der Waals surface area contributed by atoms with Gasteiger partial charge < -0.3 is 0 Å². The molecule has 0 aliphatic rings. The Morgan fingerprint density at radius 1 is 1.30 bits per heavy atom. The Labute approximate surface area is 116 Å². The van der Waals surface area contributed by atoms with E-state index in [1.54, 1.807) is 17.1 Å². The SMILES string of the molecule is CCC(=O)c1cnn(Cc2nn(C)c3ccccc23)c1. The zero-order valence-corrected chi connectivity index (χ0v) is 11.6. The van der Waals surface area contributed by atoms with Crippen molar-refractivity contribution in [3.05, 3.63) is 47.9 Å². The topological polar surface area (TPSA) is 52.7 Å². The van der Waals surface area contributed by atoms with Gasteiger partial charge in [0, 0.05) is 25.1 Å². The molecule has 0 amide bonds. The van der Waals surface area contributed by atoms with Gasteiger partial charge in [0.2, 0.25) is 0 Å². The van der Waals surface area contributed by atoms with Gasteiger partial charge in [-0.2, -0.15) is 10.2 Å². The number of nitrogens with zero attached hydrogens (tertiary/aromatic N) is 4. The van der Waals surface area contributed by atoms with Crippen LogP contribution < -0.4 is 0 Å². The number of aryl methyl sites for hydroxylation is 1. The predicted octanol–water partition coefficient (Wildman–Crippen LogP) is 2.41. The molecule has 0 saturated heterocycles. The van der Waals surface area contributed by atoms with Crippen molar-refractivity contribution in [1.29, 1.82) is 0 Å². The Balaban J connectivity index is 1.93. The molecule has 0 aliphatic carbocycles. The van der Waals surface area contributed by atoms with Crippen molar-refractivity contribution in [1.82, 2.24) is 19.6 Å². The van der Waals surface area contributed by atoms with Crippen LogP contribution in [0.1, 0.15) is 29.4 Å². The van der Waals surface area contributed by atoms with Crippen LogP contribution in [0.5, 0.6) is 0 Å². The van der Waals surface area contributed by atoms with E-state index >= 15 is 0 Å². The maximum Gasteiger partial charge on any atom is 0.165 e. The van der Waals surface area contributed by atoms with Crippen molar-refractivity contribution < 1.29 is 4.79 Å². The summed E-state index contributed by atoms with van der Waals surface area (Å²) in [5, 5.41) is 9.89. The fraction of sp³-hybridized carbons (Fsp3) is 0.267. The van der Waals surface area contributed by atoms with Crippen LogP contribution in [0.3, 0.4) is 0 Å². The van der Waals surface area contributed by atoms with Crippen molar-refractivity contribution in [2.75, 3.05) is 0 Å². The van der Waals surface area contributed by atoms with Crippen LogP contribution in [-0.2, 0) is 13.6 Å². The van der Waals surface area contributed by atoms with E-state index in [9.17, 15) is 4.79 Å².